The summed E-state index contributed by atoms with van der Waals surface area (Å²) in [5, 5.41) is 12.7. The first kappa shape index (κ1) is 15.7. The number of hydrogen-bond acceptors (Lipinski definition) is 7. The van der Waals surface area contributed by atoms with Crippen LogP contribution in [0.5, 0.6) is 0 Å². The number of rotatable bonds is 3. The summed E-state index contributed by atoms with van der Waals surface area (Å²) in [5.41, 5.74) is 0.768. The Labute approximate surface area is 149 Å². The highest BCUT2D eigenvalue weighted by Crippen LogP contribution is 2.20. The topological polar surface area (TPSA) is 80.7 Å². The van der Waals surface area contributed by atoms with E-state index in [1.165, 1.54) is 23.5 Å². The normalized spacial score (nSPS) is 14.2. The maximum absolute atomic E-state index is 12.6. The average molecular weight is 372 g/mol. The summed E-state index contributed by atoms with van der Waals surface area (Å²) in [4.78, 5) is 31.1. The summed E-state index contributed by atoms with van der Waals surface area (Å²) in [6.07, 6.45) is 1.88. The minimum atomic E-state index is -0.432. The molecule has 7 nitrogen and oxygen atoms in total. The number of thiophene rings is 1. The molecule has 2 aromatic heterocycles. The van der Waals surface area contributed by atoms with E-state index in [4.69, 9.17) is 0 Å². The Morgan fingerprint density at radius 3 is 2.72 bits per heavy atom. The molecule has 0 bridgehead atoms. The number of non-ortho nitro benzene ring substituents is 1. The van der Waals surface area contributed by atoms with Crippen molar-refractivity contribution in [3.8, 4) is 0 Å². The van der Waals surface area contributed by atoms with E-state index in [9.17, 15) is 14.9 Å². The van der Waals surface area contributed by atoms with Crippen LogP contribution in [0.15, 0.2) is 51.6 Å². The van der Waals surface area contributed by atoms with Crippen LogP contribution in [0.4, 0.5) is 11.4 Å². The van der Waals surface area contributed by atoms with E-state index in [-0.39, 0.29) is 11.2 Å². The van der Waals surface area contributed by atoms with Crippen molar-refractivity contribution >= 4 is 40.1 Å². The van der Waals surface area contributed by atoms with Gasteiger partial charge in [-0.1, -0.05) is 17.4 Å². The van der Waals surface area contributed by atoms with E-state index >= 15 is 0 Å². The third kappa shape index (κ3) is 2.99. The number of fused-ring (bicyclic) bond motifs is 1. The first-order chi connectivity index (χ1) is 12.1. The molecule has 9 heteroatoms. The van der Waals surface area contributed by atoms with Gasteiger partial charge in [-0.05, 0) is 29.7 Å². The number of nitro benzene ring substituents is 1. The van der Waals surface area contributed by atoms with Crippen molar-refractivity contribution in [3.63, 3.8) is 0 Å². The van der Waals surface area contributed by atoms with Crippen molar-refractivity contribution in [2.24, 2.45) is 4.99 Å². The lowest BCUT2D eigenvalue weighted by Gasteiger charge is -2.25. The molecular weight excluding hydrogens is 360 g/mol. The molecule has 4 rings (SSSR count). The molecule has 3 aromatic rings. The number of nitro groups is 1. The van der Waals surface area contributed by atoms with Gasteiger partial charge in [0.05, 0.1) is 9.46 Å². The molecule has 0 aliphatic carbocycles. The van der Waals surface area contributed by atoms with Crippen LogP contribution in [0, 0.1) is 10.1 Å². The average Bonchev–Trinajstić information content (AvgIpc) is 3.24. The number of thiazole rings is 1. The molecule has 0 amide bonds. The van der Waals surface area contributed by atoms with Crippen LogP contribution in [0.3, 0.4) is 0 Å². The molecule has 3 heterocycles. The van der Waals surface area contributed by atoms with Crippen molar-refractivity contribution < 1.29 is 4.92 Å². The van der Waals surface area contributed by atoms with Gasteiger partial charge in [0.15, 0.2) is 4.80 Å². The minimum absolute atomic E-state index is 0.0407. The van der Waals surface area contributed by atoms with Gasteiger partial charge in [-0.2, -0.15) is 0 Å². The first-order valence-electron chi connectivity index (χ1n) is 7.40. The van der Waals surface area contributed by atoms with Crippen LogP contribution in [-0.2, 0) is 6.67 Å². The molecule has 0 N–H and O–H groups in total. The summed E-state index contributed by atoms with van der Waals surface area (Å²) >= 11 is 2.96. The smallest absolute Gasteiger partial charge is 0.271 e. The summed E-state index contributed by atoms with van der Waals surface area (Å²) in [6, 6.07) is 10.2. The molecule has 1 aliphatic rings. The Kier molecular flexibility index (Phi) is 3.94. The van der Waals surface area contributed by atoms with E-state index in [0.29, 0.717) is 22.7 Å². The second kappa shape index (κ2) is 6.26. The van der Waals surface area contributed by atoms with Crippen LogP contribution in [0.2, 0.25) is 0 Å². The van der Waals surface area contributed by atoms with E-state index in [1.54, 1.807) is 28.0 Å². The largest absolute Gasteiger partial charge is 0.334 e. The molecular formula is C16H12N4O3S2. The maximum atomic E-state index is 12.6. The van der Waals surface area contributed by atoms with Gasteiger partial charge in [-0.3, -0.25) is 19.5 Å². The van der Waals surface area contributed by atoms with Gasteiger partial charge in [-0.25, -0.2) is 4.99 Å². The lowest BCUT2D eigenvalue weighted by atomic mass is 10.2. The SMILES string of the molecule is O=c1/c(=C/c2cccs2)sc2n1CN(c1ccc([N+](=O)[O-])cc1)CN=2. The number of anilines is 1. The van der Waals surface area contributed by atoms with Crippen LogP contribution < -0.4 is 19.8 Å². The highest BCUT2D eigenvalue weighted by molar-refractivity contribution is 7.11. The van der Waals surface area contributed by atoms with Gasteiger partial charge in [0.2, 0.25) is 0 Å². The van der Waals surface area contributed by atoms with E-state index in [2.05, 4.69) is 4.99 Å². The van der Waals surface area contributed by atoms with Crippen molar-refractivity contribution in [1.82, 2.24) is 4.57 Å². The van der Waals surface area contributed by atoms with Crippen molar-refractivity contribution in [2.75, 3.05) is 11.6 Å². The highest BCUT2D eigenvalue weighted by atomic mass is 32.1. The van der Waals surface area contributed by atoms with Crippen molar-refractivity contribution in [2.45, 2.75) is 6.67 Å². The van der Waals surface area contributed by atoms with Crippen LogP contribution in [-0.4, -0.2) is 16.2 Å². The molecule has 0 radical (unpaired) electrons. The zero-order valence-corrected chi connectivity index (χ0v) is 14.5. The summed E-state index contributed by atoms with van der Waals surface area (Å²) in [5.74, 6) is 0. The van der Waals surface area contributed by atoms with E-state index in [1.807, 2.05) is 28.5 Å². The van der Waals surface area contributed by atoms with Gasteiger partial charge < -0.3 is 4.90 Å². The molecule has 126 valence electrons. The Morgan fingerprint density at radius 1 is 1.24 bits per heavy atom. The summed E-state index contributed by atoms with van der Waals surface area (Å²) in [7, 11) is 0. The van der Waals surface area contributed by atoms with Crippen LogP contribution >= 0.6 is 22.7 Å². The zero-order valence-electron chi connectivity index (χ0n) is 12.9. The molecule has 0 fully saturated rings. The van der Waals surface area contributed by atoms with E-state index < -0.39 is 4.92 Å². The summed E-state index contributed by atoms with van der Waals surface area (Å²) < 4.78 is 2.29. The Hall–Kier alpha value is -2.78. The molecule has 0 atom stereocenters. The molecule has 25 heavy (non-hydrogen) atoms. The van der Waals surface area contributed by atoms with E-state index in [0.717, 1.165) is 10.6 Å². The van der Waals surface area contributed by atoms with Gasteiger partial charge in [0, 0.05) is 22.7 Å². The zero-order chi connectivity index (χ0) is 17.4. The number of benzene rings is 1. The second-order valence-corrected chi connectivity index (χ2v) is 7.38. The lowest BCUT2D eigenvalue weighted by molar-refractivity contribution is -0.384. The Balaban J connectivity index is 1.67. The third-order valence-corrected chi connectivity index (χ3v) is 5.68. The first-order valence-corrected chi connectivity index (χ1v) is 9.10. The number of aromatic nitrogens is 1. The fourth-order valence-electron chi connectivity index (χ4n) is 2.56. The van der Waals surface area contributed by atoms with Crippen molar-refractivity contribution in [1.29, 1.82) is 0 Å². The molecule has 0 saturated heterocycles. The van der Waals surface area contributed by atoms with Crippen molar-refractivity contribution in [3.05, 3.63) is 76.5 Å². The van der Waals surface area contributed by atoms with Gasteiger partial charge in [0.1, 0.15) is 13.3 Å². The molecule has 0 unspecified atom stereocenters. The third-order valence-electron chi connectivity index (χ3n) is 3.82. The lowest BCUT2D eigenvalue weighted by Crippen LogP contribution is -2.42. The molecule has 1 aromatic carbocycles. The Bertz CT molecular complexity index is 1100. The van der Waals surface area contributed by atoms with Gasteiger partial charge in [-0.15, -0.1) is 11.3 Å². The Morgan fingerprint density at radius 2 is 2.04 bits per heavy atom. The minimum Gasteiger partial charge on any atom is -0.334 e. The predicted octanol–water partition coefficient (Wildman–Crippen LogP) is 1.76. The monoisotopic (exact) mass is 372 g/mol. The fourth-order valence-corrected chi connectivity index (χ4v) is 4.25. The molecule has 0 spiro atoms. The summed E-state index contributed by atoms with van der Waals surface area (Å²) in [6.45, 7) is 0.792. The number of nitrogens with zero attached hydrogens (tertiary/aromatic N) is 4. The molecule has 1 aliphatic heterocycles. The van der Waals surface area contributed by atoms with Gasteiger partial charge >= 0.3 is 0 Å². The van der Waals surface area contributed by atoms with Gasteiger partial charge in [0.25, 0.3) is 11.2 Å². The van der Waals surface area contributed by atoms with Crippen LogP contribution in [0.25, 0.3) is 6.08 Å². The van der Waals surface area contributed by atoms with Crippen LogP contribution in [0.1, 0.15) is 4.88 Å². The second-order valence-electron chi connectivity index (χ2n) is 5.40. The number of hydrogen-bond donors (Lipinski definition) is 0. The highest BCUT2D eigenvalue weighted by Gasteiger charge is 2.16. The quantitative estimate of drug-likeness (QED) is 0.518. The maximum Gasteiger partial charge on any atom is 0.271 e. The standard InChI is InChI=1S/C16H12N4O3S2/c21-15-14(8-13-2-1-7-24-13)25-16-17-9-18(10-19(15)16)11-3-5-12(6-4-11)20(22)23/h1-8H,9-10H2/b14-8-. The predicted molar refractivity (Wildman–Crippen MR) is 97.7 cm³/mol. The molecule has 0 saturated carbocycles. The fraction of sp³-hybridized carbons (Fsp3) is 0.125.